The molecule has 1 unspecified atom stereocenters. The van der Waals surface area contributed by atoms with Crippen molar-refractivity contribution in [3.05, 3.63) is 34.9 Å². The Morgan fingerprint density at radius 3 is 2.95 bits per heavy atom. The SMILES string of the molecule is Cl.NCC1CCCN1CCn1nc2ccccn2c1=O. The first-order chi connectivity index (χ1) is 9.29. The Morgan fingerprint density at radius 1 is 1.35 bits per heavy atom. The van der Waals surface area contributed by atoms with Gasteiger partial charge < -0.3 is 5.73 Å². The molecule has 2 aromatic rings. The summed E-state index contributed by atoms with van der Waals surface area (Å²) in [5.41, 5.74) is 6.38. The highest BCUT2D eigenvalue weighted by Crippen LogP contribution is 2.15. The smallest absolute Gasteiger partial charge is 0.329 e. The van der Waals surface area contributed by atoms with Crippen LogP contribution >= 0.6 is 12.4 Å². The number of nitrogens with zero attached hydrogens (tertiary/aromatic N) is 4. The van der Waals surface area contributed by atoms with Crippen LogP contribution in [0.3, 0.4) is 0 Å². The summed E-state index contributed by atoms with van der Waals surface area (Å²) in [5, 5.41) is 4.33. The number of hydrogen-bond donors (Lipinski definition) is 1. The van der Waals surface area contributed by atoms with Crippen molar-refractivity contribution in [2.24, 2.45) is 5.73 Å². The minimum atomic E-state index is -0.0703. The van der Waals surface area contributed by atoms with E-state index in [9.17, 15) is 4.79 Å². The summed E-state index contributed by atoms with van der Waals surface area (Å²) in [6.07, 6.45) is 4.11. The average Bonchev–Trinajstić information content (AvgIpc) is 3.01. The molecule has 2 N–H and O–H groups in total. The normalized spacial score (nSPS) is 19.4. The number of aromatic nitrogens is 3. The Balaban J connectivity index is 0.00000147. The Hall–Kier alpha value is -1.37. The molecule has 1 atom stereocenters. The standard InChI is InChI=1S/C13H19N5O.ClH/c14-10-11-4-3-6-16(11)8-9-18-13(19)17-7-2-1-5-12(17)15-18;/h1-2,5,7,11H,3-4,6,8-10,14H2;1H. The van der Waals surface area contributed by atoms with E-state index in [1.807, 2.05) is 18.2 Å². The molecule has 0 aliphatic carbocycles. The lowest BCUT2D eigenvalue weighted by Gasteiger charge is -2.22. The molecule has 1 saturated heterocycles. The second-order valence-corrected chi connectivity index (χ2v) is 5.00. The predicted octanol–water partition coefficient (Wildman–Crippen LogP) is 0.341. The summed E-state index contributed by atoms with van der Waals surface area (Å²) in [6.45, 7) is 3.23. The van der Waals surface area contributed by atoms with Crippen molar-refractivity contribution in [3.8, 4) is 0 Å². The van der Waals surface area contributed by atoms with Gasteiger partial charge in [0.05, 0.1) is 6.54 Å². The van der Waals surface area contributed by atoms with Gasteiger partial charge in [0, 0.05) is 25.3 Å². The Morgan fingerprint density at radius 2 is 2.20 bits per heavy atom. The highest BCUT2D eigenvalue weighted by Gasteiger charge is 2.22. The van der Waals surface area contributed by atoms with Crippen LogP contribution in [0.4, 0.5) is 0 Å². The molecule has 0 spiro atoms. The molecule has 110 valence electrons. The van der Waals surface area contributed by atoms with E-state index in [-0.39, 0.29) is 18.1 Å². The highest BCUT2D eigenvalue weighted by molar-refractivity contribution is 5.85. The largest absolute Gasteiger partial charge is 0.350 e. The zero-order valence-electron chi connectivity index (χ0n) is 11.3. The van der Waals surface area contributed by atoms with Gasteiger partial charge in [-0.3, -0.25) is 9.30 Å². The lowest BCUT2D eigenvalue weighted by atomic mass is 10.2. The molecule has 20 heavy (non-hydrogen) atoms. The fourth-order valence-electron chi connectivity index (χ4n) is 2.79. The molecule has 0 aromatic carbocycles. The van der Waals surface area contributed by atoms with E-state index in [2.05, 4.69) is 10.00 Å². The fourth-order valence-corrected chi connectivity index (χ4v) is 2.79. The topological polar surface area (TPSA) is 68.6 Å². The molecule has 1 aliphatic rings. The van der Waals surface area contributed by atoms with Crippen LogP contribution in [0, 0.1) is 0 Å². The number of rotatable bonds is 4. The second kappa shape index (κ2) is 6.39. The summed E-state index contributed by atoms with van der Waals surface area (Å²) in [5.74, 6) is 0. The van der Waals surface area contributed by atoms with Crippen molar-refractivity contribution in [1.82, 2.24) is 19.1 Å². The number of nitrogens with two attached hydrogens (primary N) is 1. The monoisotopic (exact) mass is 297 g/mol. The zero-order chi connectivity index (χ0) is 13.2. The van der Waals surface area contributed by atoms with Crippen LogP contribution in [0.15, 0.2) is 29.2 Å². The van der Waals surface area contributed by atoms with Crippen LogP contribution in [-0.4, -0.2) is 44.8 Å². The van der Waals surface area contributed by atoms with Gasteiger partial charge in [-0.15, -0.1) is 17.5 Å². The van der Waals surface area contributed by atoms with Crippen molar-refractivity contribution in [2.45, 2.75) is 25.4 Å². The summed E-state index contributed by atoms with van der Waals surface area (Å²) in [6, 6.07) is 6.03. The molecule has 3 rings (SSSR count). The highest BCUT2D eigenvalue weighted by atomic mass is 35.5. The minimum Gasteiger partial charge on any atom is -0.329 e. The summed E-state index contributed by atoms with van der Waals surface area (Å²) in [7, 11) is 0. The van der Waals surface area contributed by atoms with E-state index in [0.717, 1.165) is 19.5 Å². The Labute approximate surface area is 123 Å². The van der Waals surface area contributed by atoms with Gasteiger partial charge in [-0.25, -0.2) is 9.48 Å². The van der Waals surface area contributed by atoms with E-state index in [1.165, 1.54) is 6.42 Å². The van der Waals surface area contributed by atoms with Crippen molar-refractivity contribution < 1.29 is 0 Å². The van der Waals surface area contributed by atoms with Crippen molar-refractivity contribution in [2.75, 3.05) is 19.6 Å². The number of pyridine rings is 1. The van der Waals surface area contributed by atoms with Gasteiger partial charge in [0.2, 0.25) is 0 Å². The summed E-state index contributed by atoms with van der Waals surface area (Å²) >= 11 is 0. The van der Waals surface area contributed by atoms with E-state index >= 15 is 0 Å². The van der Waals surface area contributed by atoms with Crippen LogP contribution in [0.2, 0.25) is 0 Å². The van der Waals surface area contributed by atoms with E-state index in [4.69, 9.17) is 5.73 Å². The fraction of sp³-hybridized carbons (Fsp3) is 0.538. The van der Waals surface area contributed by atoms with Gasteiger partial charge in [-0.2, -0.15) is 0 Å². The van der Waals surface area contributed by atoms with Crippen LogP contribution in [0.5, 0.6) is 0 Å². The minimum absolute atomic E-state index is 0. The second-order valence-electron chi connectivity index (χ2n) is 5.00. The number of hydrogen-bond acceptors (Lipinski definition) is 4. The number of fused-ring (bicyclic) bond motifs is 1. The molecule has 1 aliphatic heterocycles. The summed E-state index contributed by atoms with van der Waals surface area (Å²) < 4.78 is 3.12. The number of likely N-dealkylation sites (tertiary alicyclic amines) is 1. The van der Waals surface area contributed by atoms with Gasteiger partial charge in [-0.1, -0.05) is 6.07 Å². The van der Waals surface area contributed by atoms with Crippen molar-refractivity contribution in [3.63, 3.8) is 0 Å². The van der Waals surface area contributed by atoms with Gasteiger partial charge in [-0.05, 0) is 31.5 Å². The summed E-state index contributed by atoms with van der Waals surface area (Å²) in [4.78, 5) is 14.5. The molecule has 0 saturated carbocycles. The van der Waals surface area contributed by atoms with Crippen LogP contribution in [-0.2, 0) is 6.54 Å². The first kappa shape index (κ1) is 15.0. The third-order valence-corrected chi connectivity index (χ3v) is 3.86. The average molecular weight is 298 g/mol. The first-order valence-electron chi connectivity index (χ1n) is 6.78. The third kappa shape index (κ3) is 2.72. The first-order valence-corrected chi connectivity index (χ1v) is 6.78. The van der Waals surface area contributed by atoms with Crippen LogP contribution in [0.1, 0.15) is 12.8 Å². The maximum atomic E-state index is 12.1. The molecule has 6 nitrogen and oxygen atoms in total. The molecule has 0 bridgehead atoms. The number of halogens is 1. The molecule has 0 amide bonds. The molecule has 3 heterocycles. The van der Waals surface area contributed by atoms with Crippen molar-refractivity contribution >= 4 is 18.1 Å². The third-order valence-electron chi connectivity index (χ3n) is 3.86. The molecule has 2 aromatic heterocycles. The lowest BCUT2D eigenvalue weighted by Crippen LogP contribution is -2.38. The maximum absolute atomic E-state index is 12.1. The zero-order valence-corrected chi connectivity index (χ0v) is 12.1. The quantitative estimate of drug-likeness (QED) is 0.884. The molecule has 7 heteroatoms. The van der Waals surface area contributed by atoms with Gasteiger partial charge >= 0.3 is 5.69 Å². The molecular weight excluding hydrogens is 278 g/mol. The molecule has 0 radical (unpaired) electrons. The van der Waals surface area contributed by atoms with Crippen LogP contribution in [0.25, 0.3) is 5.65 Å². The van der Waals surface area contributed by atoms with E-state index in [0.29, 0.717) is 24.8 Å². The van der Waals surface area contributed by atoms with Gasteiger partial charge in [0.1, 0.15) is 0 Å². The Bertz CT molecular complexity index is 622. The van der Waals surface area contributed by atoms with Crippen LogP contribution < -0.4 is 11.4 Å². The van der Waals surface area contributed by atoms with Gasteiger partial charge in [0.25, 0.3) is 0 Å². The van der Waals surface area contributed by atoms with E-state index in [1.54, 1.807) is 15.3 Å². The van der Waals surface area contributed by atoms with Gasteiger partial charge in [0.15, 0.2) is 5.65 Å². The molecular formula is C13H20ClN5O. The predicted molar refractivity (Wildman–Crippen MR) is 80.3 cm³/mol. The van der Waals surface area contributed by atoms with E-state index < -0.39 is 0 Å². The Kier molecular flexibility index (Phi) is 4.80. The van der Waals surface area contributed by atoms with Crippen molar-refractivity contribution in [1.29, 1.82) is 0 Å². The maximum Gasteiger partial charge on any atom is 0.350 e. The molecule has 1 fully saturated rings. The lowest BCUT2D eigenvalue weighted by molar-refractivity contribution is 0.243.